The molecular formula is C12H12FN3O2. The Hall–Kier alpha value is -2.24. The molecule has 0 aliphatic heterocycles. The van der Waals surface area contributed by atoms with Crippen LogP contribution in [-0.4, -0.2) is 15.9 Å². The van der Waals surface area contributed by atoms with E-state index in [1.807, 2.05) is 6.92 Å². The Morgan fingerprint density at radius 3 is 3.00 bits per heavy atom. The smallest absolute Gasteiger partial charge is 0.270 e. The highest BCUT2D eigenvalue weighted by Gasteiger charge is 2.09. The van der Waals surface area contributed by atoms with Gasteiger partial charge in [0.1, 0.15) is 11.5 Å². The van der Waals surface area contributed by atoms with Gasteiger partial charge in [0.25, 0.3) is 5.91 Å². The maximum absolute atomic E-state index is 12.8. The van der Waals surface area contributed by atoms with Crippen LogP contribution in [0.1, 0.15) is 29.1 Å². The van der Waals surface area contributed by atoms with Crippen LogP contribution in [-0.2, 0) is 13.0 Å². The Kier molecular flexibility index (Phi) is 3.66. The maximum atomic E-state index is 12.8. The Bertz CT molecular complexity index is 554. The lowest BCUT2D eigenvalue weighted by molar-refractivity contribution is 0.0941. The first kappa shape index (κ1) is 12.2. The first-order valence-corrected chi connectivity index (χ1v) is 5.53. The van der Waals surface area contributed by atoms with Crippen molar-refractivity contribution in [3.8, 4) is 0 Å². The van der Waals surface area contributed by atoms with Gasteiger partial charge in [-0.15, -0.1) is 0 Å². The summed E-state index contributed by atoms with van der Waals surface area (Å²) in [5.74, 6) is 0.0116. The van der Waals surface area contributed by atoms with Crippen LogP contribution in [0.15, 0.2) is 28.8 Å². The highest BCUT2D eigenvalue weighted by molar-refractivity contribution is 5.92. The number of rotatable bonds is 4. The van der Waals surface area contributed by atoms with E-state index in [2.05, 4.69) is 15.3 Å². The monoisotopic (exact) mass is 249 g/mol. The maximum Gasteiger partial charge on any atom is 0.270 e. The third-order valence-corrected chi connectivity index (χ3v) is 2.30. The van der Waals surface area contributed by atoms with Crippen LogP contribution in [0.25, 0.3) is 0 Å². The van der Waals surface area contributed by atoms with Gasteiger partial charge in [-0.25, -0.2) is 9.97 Å². The largest absolute Gasteiger partial charge is 0.444 e. The Balaban J connectivity index is 1.96. The van der Waals surface area contributed by atoms with E-state index in [-0.39, 0.29) is 12.2 Å². The summed E-state index contributed by atoms with van der Waals surface area (Å²) in [5, 5.41) is 2.56. The van der Waals surface area contributed by atoms with Crippen molar-refractivity contribution in [1.29, 1.82) is 0 Å². The Labute approximate surface area is 103 Å². The molecule has 0 saturated carbocycles. The lowest BCUT2D eigenvalue weighted by Crippen LogP contribution is -2.24. The third-order valence-electron chi connectivity index (χ3n) is 2.30. The molecule has 2 heterocycles. The summed E-state index contributed by atoms with van der Waals surface area (Å²) in [4.78, 5) is 19.1. The standard InChI is InChI=1S/C12H12FN3O2/c1-2-8-6-14-11(18-8)7-15-12(17)9-4-3-5-10(13)16-9/h3-6H,2,7H2,1H3,(H,15,17). The van der Waals surface area contributed by atoms with E-state index >= 15 is 0 Å². The van der Waals surface area contributed by atoms with Gasteiger partial charge in [-0.2, -0.15) is 4.39 Å². The van der Waals surface area contributed by atoms with Crippen molar-refractivity contribution < 1.29 is 13.6 Å². The number of pyridine rings is 1. The second-order valence-corrected chi connectivity index (χ2v) is 3.60. The van der Waals surface area contributed by atoms with Crippen molar-refractivity contribution in [3.63, 3.8) is 0 Å². The quantitative estimate of drug-likeness (QED) is 0.837. The zero-order valence-corrected chi connectivity index (χ0v) is 9.81. The van der Waals surface area contributed by atoms with Crippen molar-refractivity contribution in [1.82, 2.24) is 15.3 Å². The Morgan fingerprint density at radius 1 is 1.50 bits per heavy atom. The molecule has 0 atom stereocenters. The van der Waals surface area contributed by atoms with Gasteiger partial charge in [0.15, 0.2) is 0 Å². The molecule has 0 aliphatic carbocycles. The second-order valence-electron chi connectivity index (χ2n) is 3.60. The predicted molar refractivity (Wildman–Crippen MR) is 61.2 cm³/mol. The van der Waals surface area contributed by atoms with Crippen LogP contribution < -0.4 is 5.32 Å². The molecule has 2 rings (SSSR count). The molecule has 5 nitrogen and oxygen atoms in total. The topological polar surface area (TPSA) is 68.0 Å². The number of aromatic nitrogens is 2. The average molecular weight is 249 g/mol. The minimum Gasteiger partial charge on any atom is -0.444 e. The summed E-state index contributed by atoms with van der Waals surface area (Å²) in [7, 11) is 0. The minimum absolute atomic E-state index is 0.0253. The van der Waals surface area contributed by atoms with Crippen LogP contribution in [0.5, 0.6) is 0 Å². The number of carbonyl (C=O) groups is 1. The molecule has 1 N–H and O–H groups in total. The lowest BCUT2D eigenvalue weighted by Gasteiger charge is -2.01. The molecule has 0 aliphatic rings. The molecule has 94 valence electrons. The van der Waals surface area contributed by atoms with Gasteiger partial charge in [-0.1, -0.05) is 13.0 Å². The molecule has 2 aromatic rings. The second kappa shape index (κ2) is 5.39. The van der Waals surface area contributed by atoms with Gasteiger partial charge in [-0.05, 0) is 12.1 Å². The molecule has 0 saturated heterocycles. The van der Waals surface area contributed by atoms with E-state index in [0.717, 1.165) is 12.2 Å². The summed E-state index contributed by atoms with van der Waals surface area (Å²) < 4.78 is 18.1. The zero-order chi connectivity index (χ0) is 13.0. The highest BCUT2D eigenvalue weighted by atomic mass is 19.1. The van der Waals surface area contributed by atoms with Crippen LogP contribution in [0.2, 0.25) is 0 Å². The van der Waals surface area contributed by atoms with E-state index in [0.29, 0.717) is 5.89 Å². The molecule has 0 radical (unpaired) electrons. The summed E-state index contributed by atoms with van der Waals surface area (Å²) in [6.07, 6.45) is 2.36. The summed E-state index contributed by atoms with van der Waals surface area (Å²) in [6, 6.07) is 4.04. The van der Waals surface area contributed by atoms with Crippen molar-refractivity contribution in [3.05, 3.63) is 47.7 Å². The third kappa shape index (κ3) is 2.91. The molecule has 18 heavy (non-hydrogen) atoms. The molecule has 0 fully saturated rings. The van der Waals surface area contributed by atoms with Gasteiger partial charge in [-0.3, -0.25) is 4.79 Å². The number of halogens is 1. The normalized spacial score (nSPS) is 10.3. The van der Waals surface area contributed by atoms with Crippen LogP contribution >= 0.6 is 0 Å². The van der Waals surface area contributed by atoms with Crippen molar-refractivity contribution in [2.75, 3.05) is 0 Å². The fraction of sp³-hybridized carbons (Fsp3) is 0.250. The molecule has 2 aromatic heterocycles. The van der Waals surface area contributed by atoms with Crippen molar-refractivity contribution >= 4 is 5.91 Å². The number of aryl methyl sites for hydroxylation is 1. The zero-order valence-electron chi connectivity index (χ0n) is 9.81. The number of hydrogen-bond acceptors (Lipinski definition) is 4. The number of amides is 1. The van der Waals surface area contributed by atoms with Crippen LogP contribution in [0, 0.1) is 5.95 Å². The minimum atomic E-state index is -0.688. The number of oxazole rings is 1. The van der Waals surface area contributed by atoms with Gasteiger partial charge in [0.05, 0.1) is 12.7 Å². The van der Waals surface area contributed by atoms with E-state index in [1.54, 1.807) is 6.20 Å². The molecular weight excluding hydrogens is 237 g/mol. The van der Waals surface area contributed by atoms with Crippen LogP contribution in [0.4, 0.5) is 4.39 Å². The Morgan fingerprint density at radius 2 is 2.33 bits per heavy atom. The SMILES string of the molecule is CCc1cnc(CNC(=O)c2cccc(F)n2)o1. The summed E-state index contributed by atoms with van der Waals surface area (Å²) in [6.45, 7) is 2.09. The van der Waals surface area contributed by atoms with E-state index in [9.17, 15) is 9.18 Å². The molecule has 0 aromatic carbocycles. The van der Waals surface area contributed by atoms with Gasteiger partial charge < -0.3 is 9.73 Å². The molecule has 0 bridgehead atoms. The number of nitrogens with zero attached hydrogens (tertiary/aromatic N) is 2. The van der Waals surface area contributed by atoms with E-state index in [1.165, 1.54) is 18.2 Å². The summed E-state index contributed by atoms with van der Waals surface area (Å²) in [5.41, 5.74) is 0.0253. The number of nitrogens with one attached hydrogen (secondary N) is 1. The van der Waals surface area contributed by atoms with Gasteiger partial charge >= 0.3 is 0 Å². The molecule has 6 heteroatoms. The van der Waals surface area contributed by atoms with Gasteiger partial charge in [0.2, 0.25) is 11.8 Å². The van der Waals surface area contributed by atoms with E-state index < -0.39 is 11.9 Å². The average Bonchev–Trinajstić information content (AvgIpc) is 2.84. The fourth-order valence-corrected chi connectivity index (χ4v) is 1.37. The first-order valence-electron chi connectivity index (χ1n) is 5.53. The van der Waals surface area contributed by atoms with Gasteiger partial charge in [0, 0.05) is 6.42 Å². The van der Waals surface area contributed by atoms with Crippen molar-refractivity contribution in [2.24, 2.45) is 0 Å². The number of hydrogen-bond donors (Lipinski definition) is 1. The van der Waals surface area contributed by atoms with Crippen molar-refractivity contribution in [2.45, 2.75) is 19.9 Å². The predicted octanol–water partition coefficient (Wildman–Crippen LogP) is 1.70. The fourth-order valence-electron chi connectivity index (χ4n) is 1.37. The summed E-state index contributed by atoms with van der Waals surface area (Å²) >= 11 is 0. The van der Waals surface area contributed by atoms with Crippen LogP contribution in [0.3, 0.4) is 0 Å². The van der Waals surface area contributed by atoms with E-state index in [4.69, 9.17) is 4.42 Å². The molecule has 1 amide bonds. The highest BCUT2D eigenvalue weighted by Crippen LogP contribution is 2.04. The molecule has 0 spiro atoms. The number of carbonyl (C=O) groups excluding carboxylic acids is 1. The lowest BCUT2D eigenvalue weighted by atomic mass is 10.3. The molecule has 0 unspecified atom stereocenters. The first-order chi connectivity index (χ1) is 8.69.